The highest BCUT2D eigenvalue weighted by molar-refractivity contribution is 5.44. The number of halogens is 5. The Kier molecular flexibility index (Phi) is 7.66. The lowest BCUT2D eigenvalue weighted by atomic mass is 9.92. The minimum atomic E-state index is -1.75. The Morgan fingerprint density at radius 3 is 2.30 bits per heavy atom. The predicted molar refractivity (Wildman–Crippen MR) is 125 cm³/mol. The zero-order chi connectivity index (χ0) is 26.6. The molecule has 0 bridgehead atoms. The van der Waals surface area contributed by atoms with Crippen molar-refractivity contribution >= 4 is 0 Å². The standard InChI is InChI=1S/C27H21F5N4O/c1-35(14-27(37,15-36-17-33-16-34-36)22-9-8-21(28)11-24(22)30)13-19-4-2-18(3-5-19)6-7-20-10-25(31)26(32)12-23(20)29/h2-5,8-12,16-17,37H,13-15H2,1H3. The maximum absolute atomic E-state index is 14.6. The number of aliphatic hydroxyl groups is 1. The van der Waals surface area contributed by atoms with Crippen molar-refractivity contribution in [1.29, 1.82) is 0 Å². The molecule has 1 unspecified atom stereocenters. The van der Waals surface area contributed by atoms with E-state index < -0.39 is 34.7 Å². The van der Waals surface area contributed by atoms with Crippen LogP contribution in [0.15, 0.2) is 67.3 Å². The Morgan fingerprint density at radius 1 is 0.892 bits per heavy atom. The van der Waals surface area contributed by atoms with Gasteiger partial charge in [-0.15, -0.1) is 0 Å². The average molecular weight is 512 g/mol. The highest BCUT2D eigenvalue weighted by Crippen LogP contribution is 2.28. The Balaban J connectivity index is 1.49. The zero-order valence-electron chi connectivity index (χ0n) is 19.6. The Morgan fingerprint density at radius 2 is 1.62 bits per heavy atom. The summed E-state index contributed by atoms with van der Waals surface area (Å²) in [6.45, 7) is 0.218. The molecule has 4 aromatic rings. The van der Waals surface area contributed by atoms with Crippen LogP contribution >= 0.6 is 0 Å². The van der Waals surface area contributed by atoms with Gasteiger partial charge in [-0.1, -0.05) is 30.0 Å². The van der Waals surface area contributed by atoms with Gasteiger partial charge in [-0.2, -0.15) is 5.10 Å². The molecule has 0 spiro atoms. The summed E-state index contributed by atoms with van der Waals surface area (Å²) in [5.74, 6) is 0.125. The second kappa shape index (κ2) is 10.9. The van der Waals surface area contributed by atoms with Crippen LogP contribution in [0, 0.1) is 40.9 Å². The van der Waals surface area contributed by atoms with Gasteiger partial charge in [-0.25, -0.2) is 31.6 Å². The molecule has 0 aliphatic heterocycles. The first-order valence-corrected chi connectivity index (χ1v) is 11.1. The highest BCUT2D eigenvalue weighted by atomic mass is 19.2. The first kappa shape index (κ1) is 26.0. The molecule has 0 saturated carbocycles. The second-order valence-corrected chi connectivity index (χ2v) is 8.61. The van der Waals surface area contributed by atoms with E-state index in [1.807, 2.05) is 0 Å². The summed E-state index contributed by atoms with van der Waals surface area (Å²) >= 11 is 0. The molecule has 0 fully saturated rings. The van der Waals surface area contributed by atoms with E-state index in [2.05, 4.69) is 21.9 Å². The first-order chi connectivity index (χ1) is 17.6. The van der Waals surface area contributed by atoms with Crippen molar-refractivity contribution in [2.75, 3.05) is 13.6 Å². The molecule has 5 nitrogen and oxygen atoms in total. The summed E-state index contributed by atoms with van der Waals surface area (Å²) in [6.07, 6.45) is 2.68. The lowest BCUT2D eigenvalue weighted by Gasteiger charge is -2.33. The second-order valence-electron chi connectivity index (χ2n) is 8.61. The largest absolute Gasteiger partial charge is 0.382 e. The number of nitrogens with zero attached hydrogens (tertiary/aromatic N) is 4. The number of hydrogen-bond acceptors (Lipinski definition) is 4. The van der Waals surface area contributed by atoms with Crippen LogP contribution < -0.4 is 0 Å². The Hall–Kier alpha value is -4.07. The minimum absolute atomic E-state index is 0.0215. The predicted octanol–water partition coefficient (Wildman–Crippen LogP) is 4.39. The molecule has 0 aliphatic carbocycles. The third-order valence-corrected chi connectivity index (χ3v) is 5.61. The van der Waals surface area contributed by atoms with Crippen molar-refractivity contribution in [3.8, 4) is 11.8 Å². The Bertz CT molecular complexity index is 1450. The number of benzene rings is 3. The topological polar surface area (TPSA) is 54.2 Å². The van der Waals surface area contributed by atoms with Crippen molar-refractivity contribution in [3.05, 3.63) is 119 Å². The van der Waals surface area contributed by atoms with Crippen LogP contribution in [0.1, 0.15) is 22.3 Å². The van der Waals surface area contributed by atoms with Gasteiger partial charge in [-0.05, 0) is 36.9 Å². The average Bonchev–Trinajstić information content (AvgIpc) is 3.34. The lowest BCUT2D eigenvalue weighted by molar-refractivity contribution is -0.0175. The molecule has 190 valence electrons. The van der Waals surface area contributed by atoms with E-state index in [9.17, 15) is 27.1 Å². The van der Waals surface area contributed by atoms with Crippen LogP contribution in [0.3, 0.4) is 0 Å². The number of likely N-dealkylation sites (N-methyl/N-ethyl adjacent to an activating group) is 1. The van der Waals surface area contributed by atoms with Crippen LogP contribution in [-0.2, 0) is 18.7 Å². The van der Waals surface area contributed by atoms with E-state index >= 15 is 0 Å². The summed E-state index contributed by atoms with van der Waals surface area (Å²) in [5, 5.41) is 15.4. The van der Waals surface area contributed by atoms with E-state index in [-0.39, 0.29) is 24.2 Å². The molecule has 37 heavy (non-hydrogen) atoms. The fraction of sp³-hybridized carbons (Fsp3) is 0.185. The molecule has 4 rings (SSSR count). The molecule has 3 aromatic carbocycles. The molecule has 10 heteroatoms. The third kappa shape index (κ3) is 6.39. The number of rotatable bonds is 7. The van der Waals surface area contributed by atoms with Gasteiger partial charge in [0.05, 0.1) is 12.1 Å². The fourth-order valence-electron chi connectivity index (χ4n) is 3.94. The maximum atomic E-state index is 14.6. The molecule has 1 atom stereocenters. The maximum Gasteiger partial charge on any atom is 0.161 e. The third-order valence-electron chi connectivity index (χ3n) is 5.61. The molecule has 1 heterocycles. The van der Waals surface area contributed by atoms with Crippen molar-refractivity contribution < 1.29 is 27.1 Å². The van der Waals surface area contributed by atoms with Crippen molar-refractivity contribution in [2.24, 2.45) is 0 Å². The fourth-order valence-corrected chi connectivity index (χ4v) is 3.94. The number of hydrogen-bond donors (Lipinski definition) is 1. The van der Waals surface area contributed by atoms with Gasteiger partial charge >= 0.3 is 0 Å². The summed E-state index contributed by atoms with van der Waals surface area (Å²) in [6, 6.07) is 11.0. The van der Waals surface area contributed by atoms with Gasteiger partial charge in [-0.3, -0.25) is 4.90 Å². The molecular formula is C27H21F5N4O. The van der Waals surface area contributed by atoms with Crippen molar-refractivity contribution in [1.82, 2.24) is 19.7 Å². The molecule has 0 saturated heterocycles. The SMILES string of the molecule is CN(Cc1ccc(C#Cc2cc(F)c(F)cc2F)cc1)CC(O)(Cn1cncn1)c1ccc(F)cc1F. The Labute approximate surface area is 209 Å². The van der Waals surface area contributed by atoms with Gasteiger partial charge in [0.25, 0.3) is 0 Å². The molecular weight excluding hydrogens is 491 g/mol. The van der Waals surface area contributed by atoms with Gasteiger partial charge in [0, 0.05) is 36.3 Å². The molecule has 0 radical (unpaired) electrons. The van der Waals surface area contributed by atoms with Crippen LogP contribution in [0.4, 0.5) is 22.0 Å². The summed E-state index contributed by atoms with van der Waals surface area (Å²) in [4.78, 5) is 5.61. The smallest absolute Gasteiger partial charge is 0.161 e. The molecule has 1 N–H and O–H groups in total. The number of aromatic nitrogens is 3. The van der Waals surface area contributed by atoms with Crippen molar-refractivity contribution in [2.45, 2.75) is 18.7 Å². The van der Waals surface area contributed by atoms with Crippen LogP contribution in [0.5, 0.6) is 0 Å². The summed E-state index contributed by atoms with van der Waals surface area (Å²) < 4.78 is 69.7. The lowest BCUT2D eigenvalue weighted by Crippen LogP contribution is -2.43. The minimum Gasteiger partial charge on any atom is -0.382 e. The van der Waals surface area contributed by atoms with Crippen molar-refractivity contribution in [3.63, 3.8) is 0 Å². The van der Waals surface area contributed by atoms with Gasteiger partial charge in [0.2, 0.25) is 0 Å². The van der Waals surface area contributed by atoms with Gasteiger partial charge in [0.15, 0.2) is 11.6 Å². The highest BCUT2D eigenvalue weighted by Gasteiger charge is 2.34. The molecule has 0 aliphatic rings. The van der Waals surface area contributed by atoms with Gasteiger partial charge in [0.1, 0.15) is 35.7 Å². The van der Waals surface area contributed by atoms with Crippen LogP contribution in [0.2, 0.25) is 0 Å². The van der Waals surface area contributed by atoms with E-state index in [1.54, 1.807) is 36.2 Å². The van der Waals surface area contributed by atoms with E-state index in [0.29, 0.717) is 30.3 Å². The molecule has 0 amide bonds. The summed E-state index contributed by atoms with van der Waals surface area (Å²) in [7, 11) is 1.73. The monoisotopic (exact) mass is 512 g/mol. The van der Waals surface area contributed by atoms with Gasteiger partial charge < -0.3 is 5.11 Å². The molecule has 1 aromatic heterocycles. The van der Waals surface area contributed by atoms with E-state index in [1.165, 1.54) is 23.4 Å². The van der Waals surface area contributed by atoms with Crippen LogP contribution in [0.25, 0.3) is 0 Å². The van der Waals surface area contributed by atoms with Crippen LogP contribution in [-0.4, -0.2) is 38.4 Å². The van der Waals surface area contributed by atoms with E-state index in [4.69, 9.17) is 0 Å². The summed E-state index contributed by atoms with van der Waals surface area (Å²) in [5.41, 5.74) is -0.741. The quantitative estimate of drug-likeness (QED) is 0.227. The first-order valence-electron chi connectivity index (χ1n) is 11.1. The normalized spacial score (nSPS) is 12.8. The zero-order valence-corrected chi connectivity index (χ0v) is 19.6. The van der Waals surface area contributed by atoms with E-state index in [0.717, 1.165) is 11.6 Å².